The van der Waals surface area contributed by atoms with Crippen LogP contribution in [-0.2, 0) is 14.8 Å². The van der Waals surface area contributed by atoms with E-state index in [-0.39, 0.29) is 17.5 Å². The second kappa shape index (κ2) is 8.92. The van der Waals surface area contributed by atoms with Gasteiger partial charge in [-0.1, -0.05) is 19.9 Å². The van der Waals surface area contributed by atoms with E-state index >= 15 is 0 Å². The number of nitrogens with one attached hydrogen (secondary N) is 1. The molecule has 1 radical (unpaired) electrons. The summed E-state index contributed by atoms with van der Waals surface area (Å²) in [5.74, 6) is -0.379. The molecule has 1 amide bonds. The molecule has 0 aromatic carbocycles. The topological polar surface area (TPSA) is 99.6 Å². The fourth-order valence-electron chi connectivity index (χ4n) is 3.01. The molecule has 1 aromatic heterocycles. The van der Waals surface area contributed by atoms with Gasteiger partial charge in [-0.3, -0.25) is 4.79 Å². The van der Waals surface area contributed by atoms with E-state index in [0.29, 0.717) is 31.4 Å². The average molecular weight is 383 g/mol. The Balaban J connectivity index is 2.45. The number of sulfonamides is 1. The minimum absolute atomic E-state index is 0.143. The number of aryl methyl sites for hydroxylation is 1. The van der Waals surface area contributed by atoms with E-state index < -0.39 is 28.1 Å². The summed E-state index contributed by atoms with van der Waals surface area (Å²) in [5, 5.41) is 13.4. The molecule has 145 valence electrons. The van der Waals surface area contributed by atoms with Gasteiger partial charge in [0, 0.05) is 12.7 Å². The Morgan fingerprint density at radius 3 is 2.88 bits per heavy atom. The van der Waals surface area contributed by atoms with Gasteiger partial charge in [0.05, 0.1) is 18.6 Å². The number of carbonyl (C=O) groups excluding carboxylic acids is 1. The molecule has 2 atom stereocenters. The van der Waals surface area contributed by atoms with Crippen molar-refractivity contribution < 1.29 is 18.3 Å². The van der Waals surface area contributed by atoms with Crippen molar-refractivity contribution in [3.63, 3.8) is 0 Å². The number of pyridine rings is 1. The minimum atomic E-state index is -4.17. The normalized spacial score (nSPS) is 21.4. The summed E-state index contributed by atoms with van der Waals surface area (Å²) in [7, 11) is -4.17. The summed E-state index contributed by atoms with van der Waals surface area (Å²) in [6.45, 7) is 6.47. The van der Waals surface area contributed by atoms with Crippen molar-refractivity contribution in [1.82, 2.24) is 14.6 Å². The van der Waals surface area contributed by atoms with Crippen LogP contribution in [0.2, 0.25) is 0 Å². The highest BCUT2D eigenvalue weighted by atomic mass is 32.2. The maximum absolute atomic E-state index is 13.3. The van der Waals surface area contributed by atoms with E-state index in [9.17, 15) is 18.3 Å². The van der Waals surface area contributed by atoms with Crippen molar-refractivity contribution in [2.24, 2.45) is 5.92 Å². The minimum Gasteiger partial charge on any atom is -0.390 e. The largest absolute Gasteiger partial charge is 0.390 e. The van der Waals surface area contributed by atoms with Crippen molar-refractivity contribution in [2.45, 2.75) is 57.2 Å². The molecule has 26 heavy (non-hydrogen) atoms. The third kappa shape index (κ3) is 4.81. The number of carbonyl (C=O) groups is 1. The van der Waals surface area contributed by atoms with Crippen LogP contribution in [0.15, 0.2) is 23.4 Å². The number of β-amino-alcohol motifs (C(OH)–C–C–N with tert-alkyl or cyclic N) is 1. The number of hydrogen-bond acceptors (Lipinski definition) is 6. The van der Waals surface area contributed by atoms with Gasteiger partial charge < -0.3 is 10.4 Å². The third-order valence-corrected chi connectivity index (χ3v) is 6.28. The Morgan fingerprint density at radius 2 is 2.23 bits per heavy atom. The number of aromatic nitrogens is 1. The number of amides is 1. The van der Waals surface area contributed by atoms with E-state index in [1.165, 1.54) is 12.6 Å². The smallest absolute Gasteiger partial charge is 0.284 e. The molecule has 2 rings (SSSR count). The highest BCUT2D eigenvalue weighted by molar-refractivity contribution is 7.89. The lowest BCUT2D eigenvalue weighted by atomic mass is 10.0. The van der Waals surface area contributed by atoms with E-state index in [1.807, 2.05) is 13.8 Å². The highest BCUT2D eigenvalue weighted by Crippen LogP contribution is 2.25. The molecule has 0 aliphatic carbocycles. The molecule has 1 aliphatic heterocycles. The zero-order valence-corrected chi connectivity index (χ0v) is 16.4. The molecule has 2 heterocycles. The predicted molar refractivity (Wildman–Crippen MR) is 98.7 cm³/mol. The number of rotatable bonds is 6. The maximum Gasteiger partial charge on any atom is 0.284 e. The van der Waals surface area contributed by atoms with E-state index in [1.54, 1.807) is 19.1 Å². The second-order valence-electron chi connectivity index (χ2n) is 7.08. The molecule has 8 heteroatoms. The number of aliphatic hydroxyl groups is 1. The summed E-state index contributed by atoms with van der Waals surface area (Å²) >= 11 is 0. The van der Waals surface area contributed by atoms with Crippen LogP contribution in [0.4, 0.5) is 0 Å². The van der Waals surface area contributed by atoms with Crippen LogP contribution < -0.4 is 5.32 Å². The van der Waals surface area contributed by atoms with Crippen molar-refractivity contribution in [3.05, 3.63) is 30.3 Å². The quantitative estimate of drug-likeness (QED) is 0.769. The molecule has 0 bridgehead atoms. The van der Waals surface area contributed by atoms with Gasteiger partial charge in [-0.15, -0.1) is 0 Å². The van der Waals surface area contributed by atoms with Crippen LogP contribution in [0.5, 0.6) is 0 Å². The first-order chi connectivity index (χ1) is 12.2. The first-order valence-corrected chi connectivity index (χ1v) is 10.4. The van der Waals surface area contributed by atoms with Crippen LogP contribution in [0.25, 0.3) is 0 Å². The lowest BCUT2D eigenvalue weighted by Crippen LogP contribution is -2.52. The van der Waals surface area contributed by atoms with Crippen LogP contribution in [0.3, 0.4) is 0 Å². The first-order valence-electron chi connectivity index (χ1n) is 8.97. The van der Waals surface area contributed by atoms with Gasteiger partial charge >= 0.3 is 0 Å². The molecule has 0 spiro atoms. The van der Waals surface area contributed by atoms with Crippen LogP contribution in [0.1, 0.15) is 38.7 Å². The summed E-state index contributed by atoms with van der Waals surface area (Å²) in [6.07, 6.45) is 3.37. The molecule has 1 aliphatic rings. The average Bonchev–Trinajstić information content (AvgIpc) is 2.78. The molecule has 1 aromatic rings. The molecule has 1 unspecified atom stereocenters. The Morgan fingerprint density at radius 1 is 1.50 bits per heavy atom. The lowest BCUT2D eigenvalue weighted by molar-refractivity contribution is -0.126. The molecule has 1 saturated heterocycles. The lowest BCUT2D eigenvalue weighted by Gasteiger charge is -2.33. The van der Waals surface area contributed by atoms with Gasteiger partial charge in [0.1, 0.15) is 0 Å². The predicted octanol–water partition coefficient (Wildman–Crippen LogP) is 1.27. The fourth-order valence-corrected chi connectivity index (χ4v) is 4.78. The molecule has 0 saturated carbocycles. The highest BCUT2D eigenvalue weighted by Gasteiger charge is 2.40. The second-order valence-corrected chi connectivity index (χ2v) is 8.81. The van der Waals surface area contributed by atoms with E-state index in [4.69, 9.17) is 0 Å². The Kier molecular flexibility index (Phi) is 7.14. The summed E-state index contributed by atoms with van der Waals surface area (Å²) < 4.78 is 27.4. The van der Waals surface area contributed by atoms with Gasteiger partial charge in [0.2, 0.25) is 5.91 Å². The van der Waals surface area contributed by atoms with Crippen molar-refractivity contribution >= 4 is 15.9 Å². The van der Waals surface area contributed by atoms with Gasteiger partial charge in [0.15, 0.2) is 5.03 Å². The van der Waals surface area contributed by atoms with Crippen LogP contribution in [0, 0.1) is 19.3 Å². The van der Waals surface area contributed by atoms with Crippen molar-refractivity contribution in [1.29, 1.82) is 0 Å². The van der Waals surface area contributed by atoms with Crippen molar-refractivity contribution in [3.8, 4) is 0 Å². The third-order valence-electron chi connectivity index (χ3n) is 4.40. The number of hydrogen-bond donors (Lipinski definition) is 2. The van der Waals surface area contributed by atoms with Gasteiger partial charge in [-0.2, -0.15) is 8.42 Å². The molecule has 1 fully saturated rings. The Labute approximate surface area is 155 Å². The zero-order chi connectivity index (χ0) is 19.3. The first kappa shape index (κ1) is 20.8. The maximum atomic E-state index is 13.3. The fraction of sp³-hybridized carbons (Fsp3) is 0.611. The monoisotopic (exact) mass is 382 g/mol. The van der Waals surface area contributed by atoms with E-state index in [0.717, 1.165) is 4.31 Å². The van der Waals surface area contributed by atoms with E-state index in [2.05, 4.69) is 10.3 Å². The molecular weight excluding hydrogens is 354 g/mol. The summed E-state index contributed by atoms with van der Waals surface area (Å²) in [6, 6.07) is 2.48. The van der Waals surface area contributed by atoms with Crippen LogP contribution >= 0.6 is 0 Å². The SMILES string of the molecule is Cc1cccnc1S(=O)(=O)N(C(=O)[CH]CC(C)C)C1CCCNC[C@@H]1O. The van der Waals surface area contributed by atoms with Crippen LogP contribution in [-0.4, -0.2) is 54.0 Å². The van der Waals surface area contributed by atoms with Gasteiger partial charge in [0.25, 0.3) is 10.0 Å². The zero-order valence-electron chi connectivity index (χ0n) is 15.6. The summed E-state index contributed by atoms with van der Waals surface area (Å²) in [5.41, 5.74) is 0.468. The number of aliphatic hydroxyl groups excluding tert-OH is 1. The van der Waals surface area contributed by atoms with Gasteiger partial charge in [-0.25, -0.2) is 9.29 Å². The number of nitrogens with zero attached hydrogens (tertiary/aromatic N) is 2. The van der Waals surface area contributed by atoms with Crippen molar-refractivity contribution in [2.75, 3.05) is 13.1 Å². The summed E-state index contributed by atoms with van der Waals surface area (Å²) in [4.78, 5) is 16.9. The Hall–Kier alpha value is -1.51. The molecular formula is C18H28N3O4S. The molecule has 2 N–H and O–H groups in total. The van der Waals surface area contributed by atoms with Gasteiger partial charge in [-0.05, 0) is 50.3 Å². The molecule has 7 nitrogen and oxygen atoms in total. The standard InChI is InChI=1S/C18H28N3O4S/c1-13(2)8-9-17(23)21(15-7-5-10-19-12-16(15)22)26(24,25)18-14(3)6-4-11-20-18/h4,6,9,11,13,15-16,19,22H,5,7-8,10,12H2,1-3H3/t15?,16-/m0/s1. The Bertz CT molecular complexity index is 721.